The summed E-state index contributed by atoms with van der Waals surface area (Å²) in [5.74, 6) is -0.901. The molecule has 0 aromatic heterocycles. The molecule has 1 rings (SSSR count). The second-order valence-electron chi connectivity index (χ2n) is 2.70. The van der Waals surface area contributed by atoms with Gasteiger partial charge in [-0.25, -0.2) is 4.79 Å². The van der Waals surface area contributed by atoms with Crippen molar-refractivity contribution in [1.82, 2.24) is 0 Å². The van der Waals surface area contributed by atoms with Crippen molar-refractivity contribution in [1.29, 1.82) is 0 Å². The molecule has 0 aliphatic rings. The van der Waals surface area contributed by atoms with Crippen LogP contribution in [0.15, 0.2) is 24.3 Å². The van der Waals surface area contributed by atoms with Crippen molar-refractivity contribution in [3.05, 3.63) is 34.9 Å². The smallest absolute Gasteiger partial charge is 0.358 e. The molecule has 0 aliphatic heterocycles. The van der Waals surface area contributed by atoms with Crippen LogP contribution in [0.4, 0.5) is 0 Å². The Morgan fingerprint density at radius 1 is 1.20 bits per heavy atom. The molecule has 0 radical (unpaired) electrons. The highest BCUT2D eigenvalue weighted by Crippen LogP contribution is 2.27. The summed E-state index contributed by atoms with van der Waals surface area (Å²) in [5.41, 5.74) is 0.766. The van der Waals surface area contributed by atoms with Crippen molar-refractivity contribution in [2.24, 2.45) is 0 Å². The highest BCUT2D eigenvalue weighted by atomic mass is 35.6. The van der Waals surface area contributed by atoms with Crippen LogP contribution in [0.3, 0.4) is 0 Å². The van der Waals surface area contributed by atoms with E-state index in [1.54, 1.807) is 24.3 Å². The molecule has 6 heteroatoms. The number of halogens is 4. The van der Waals surface area contributed by atoms with Crippen LogP contribution in [0.5, 0.6) is 0 Å². The third kappa shape index (κ3) is 4.47. The van der Waals surface area contributed by atoms with Gasteiger partial charge < -0.3 is 4.74 Å². The standard InChI is InChI=1S/C9H6Cl4O2/c10-7-3-1-6(2-4-7)5-15-8(14)9(11,12)13/h1-4H,5H2. The lowest BCUT2D eigenvalue weighted by Crippen LogP contribution is -2.21. The summed E-state index contributed by atoms with van der Waals surface area (Å²) in [6.45, 7) is 0.0455. The van der Waals surface area contributed by atoms with Gasteiger partial charge in [-0.05, 0) is 17.7 Å². The largest absolute Gasteiger partial charge is 0.458 e. The molecule has 82 valence electrons. The van der Waals surface area contributed by atoms with Crippen molar-refractivity contribution in [3.63, 3.8) is 0 Å². The van der Waals surface area contributed by atoms with Crippen molar-refractivity contribution < 1.29 is 9.53 Å². The van der Waals surface area contributed by atoms with Gasteiger partial charge in [0.05, 0.1) is 0 Å². The maximum absolute atomic E-state index is 11.1. The normalized spacial score (nSPS) is 11.2. The maximum Gasteiger partial charge on any atom is 0.358 e. The zero-order chi connectivity index (χ0) is 11.5. The van der Waals surface area contributed by atoms with Crippen LogP contribution in [0.25, 0.3) is 0 Å². The fourth-order valence-corrected chi connectivity index (χ4v) is 1.10. The van der Waals surface area contributed by atoms with Gasteiger partial charge in [-0.1, -0.05) is 58.5 Å². The Kier molecular flexibility index (Phi) is 4.53. The minimum atomic E-state index is -2.04. The van der Waals surface area contributed by atoms with E-state index in [2.05, 4.69) is 0 Å². The van der Waals surface area contributed by atoms with Crippen LogP contribution >= 0.6 is 46.4 Å². The molecule has 0 N–H and O–H groups in total. The maximum atomic E-state index is 11.1. The van der Waals surface area contributed by atoms with E-state index in [0.29, 0.717) is 5.02 Å². The van der Waals surface area contributed by atoms with E-state index in [-0.39, 0.29) is 6.61 Å². The highest BCUT2D eigenvalue weighted by Gasteiger charge is 2.32. The zero-order valence-corrected chi connectivity index (χ0v) is 10.4. The summed E-state index contributed by atoms with van der Waals surface area (Å²) < 4.78 is 2.72. The van der Waals surface area contributed by atoms with Crippen molar-refractivity contribution in [2.75, 3.05) is 0 Å². The molecule has 0 saturated carbocycles. The molecule has 0 bridgehead atoms. The third-order valence-electron chi connectivity index (χ3n) is 1.51. The summed E-state index contributed by atoms with van der Waals surface area (Å²) in [6, 6.07) is 6.79. The molecule has 0 heterocycles. The monoisotopic (exact) mass is 286 g/mol. The van der Waals surface area contributed by atoms with Gasteiger partial charge in [-0.15, -0.1) is 0 Å². The fourth-order valence-electron chi connectivity index (χ4n) is 0.811. The Balaban J connectivity index is 2.51. The average Bonchev–Trinajstić information content (AvgIpc) is 2.15. The molecule has 0 amide bonds. The van der Waals surface area contributed by atoms with Crippen molar-refractivity contribution in [2.45, 2.75) is 10.4 Å². The second-order valence-corrected chi connectivity index (χ2v) is 5.42. The second kappa shape index (κ2) is 5.26. The number of alkyl halides is 3. The Hall–Kier alpha value is -0.150. The number of hydrogen-bond donors (Lipinski definition) is 0. The first-order valence-corrected chi connectivity index (χ1v) is 5.39. The number of carbonyl (C=O) groups is 1. The topological polar surface area (TPSA) is 26.3 Å². The number of benzene rings is 1. The lowest BCUT2D eigenvalue weighted by atomic mass is 10.2. The van der Waals surface area contributed by atoms with Crippen molar-refractivity contribution in [3.8, 4) is 0 Å². The molecule has 1 aromatic carbocycles. The summed E-state index contributed by atoms with van der Waals surface area (Å²) in [5, 5.41) is 0.603. The predicted molar refractivity (Wildman–Crippen MR) is 61.5 cm³/mol. The fraction of sp³-hybridized carbons (Fsp3) is 0.222. The minimum absolute atomic E-state index is 0.0455. The highest BCUT2D eigenvalue weighted by molar-refractivity contribution is 6.75. The van der Waals surface area contributed by atoms with Gasteiger partial charge in [0.25, 0.3) is 3.79 Å². The summed E-state index contributed by atoms with van der Waals surface area (Å²) >= 11 is 21.6. The molecule has 0 aliphatic carbocycles. The first-order chi connectivity index (χ1) is 6.89. The van der Waals surface area contributed by atoms with Gasteiger partial charge in [0.1, 0.15) is 6.61 Å². The van der Waals surface area contributed by atoms with E-state index >= 15 is 0 Å². The van der Waals surface area contributed by atoms with Gasteiger partial charge in [-0.2, -0.15) is 0 Å². The van der Waals surface area contributed by atoms with Crippen LogP contribution in [0.1, 0.15) is 5.56 Å². The summed E-state index contributed by atoms with van der Waals surface area (Å²) in [6.07, 6.45) is 0. The van der Waals surface area contributed by atoms with Crippen LogP contribution < -0.4 is 0 Å². The van der Waals surface area contributed by atoms with E-state index in [1.807, 2.05) is 0 Å². The van der Waals surface area contributed by atoms with Gasteiger partial charge in [-0.3, -0.25) is 0 Å². The Labute approximate surface area is 107 Å². The molecule has 0 unspecified atom stereocenters. The van der Waals surface area contributed by atoms with E-state index in [0.717, 1.165) is 5.56 Å². The van der Waals surface area contributed by atoms with Crippen LogP contribution in [0.2, 0.25) is 5.02 Å². The van der Waals surface area contributed by atoms with Crippen LogP contribution in [-0.4, -0.2) is 9.76 Å². The number of esters is 1. The van der Waals surface area contributed by atoms with E-state index in [1.165, 1.54) is 0 Å². The summed E-state index contributed by atoms with van der Waals surface area (Å²) in [4.78, 5) is 11.1. The molecule has 2 nitrogen and oxygen atoms in total. The van der Waals surface area contributed by atoms with Gasteiger partial charge >= 0.3 is 5.97 Å². The van der Waals surface area contributed by atoms with Crippen LogP contribution in [-0.2, 0) is 16.1 Å². The first kappa shape index (κ1) is 12.9. The number of rotatable bonds is 2. The van der Waals surface area contributed by atoms with Gasteiger partial charge in [0.15, 0.2) is 0 Å². The first-order valence-electron chi connectivity index (χ1n) is 3.88. The average molecular weight is 288 g/mol. The third-order valence-corrected chi connectivity index (χ3v) is 2.23. The van der Waals surface area contributed by atoms with Crippen LogP contribution in [0, 0.1) is 0 Å². The predicted octanol–water partition coefficient (Wildman–Crippen LogP) is 3.75. The lowest BCUT2D eigenvalue weighted by molar-refractivity contribution is -0.143. The molecule has 0 saturated heterocycles. The SMILES string of the molecule is O=C(OCc1ccc(Cl)cc1)C(Cl)(Cl)Cl. The van der Waals surface area contributed by atoms with Gasteiger partial charge in [0, 0.05) is 5.02 Å². The van der Waals surface area contributed by atoms with Crippen molar-refractivity contribution >= 4 is 52.4 Å². The van der Waals surface area contributed by atoms with E-state index in [9.17, 15) is 4.79 Å². The summed E-state index contributed by atoms with van der Waals surface area (Å²) in [7, 11) is 0. The van der Waals surface area contributed by atoms with E-state index < -0.39 is 9.76 Å². The Morgan fingerprint density at radius 2 is 1.73 bits per heavy atom. The number of carbonyl (C=O) groups excluding carboxylic acids is 1. The molecule has 0 atom stereocenters. The molecule has 15 heavy (non-hydrogen) atoms. The lowest BCUT2D eigenvalue weighted by Gasteiger charge is -2.10. The quantitative estimate of drug-likeness (QED) is 0.612. The minimum Gasteiger partial charge on any atom is -0.458 e. The number of ether oxygens (including phenoxy) is 1. The molecular weight excluding hydrogens is 282 g/mol. The molecular formula is C9H6Cl4O2. The van der Waals surface area contributed by atoms with E-state index in [4.69, 9.17) is 51.1 Å². The van der Waals surface area contributed by atoms with Gasteiger partial charge in [0.2, 0.25) is 0 Å². The Bertz CT molecular complexity index is 342. The molecule has 0 fully saturated rings. The molecule has 0 spiro atoms. The molecule has 1 aromatic rings. The zero-order valence-electron chi connectivity index (χ0n) is 7.34. The Morgan fingerprint density at radius 3 is 2.20 bits per heavy atom. The number of hydrogen-bond acceptors (Lipinski definition) is 2.